The molecule has 2 aromatic rings. The summed E-state index contributed by atoms with van der Waals surface area (Å²) in [6.07, 6.45) is 1.58. The molecule has 0 bridgehead atoms. The predicted molar refractivity (Wildman–Crippen MR) is 90.2 cm³/mol. The third kappa shape index (κ3) is 3.92. The second kappa shape index (κ2) is 7.32. The Hall–Kier alpha value is -3.29. The fourth-order valence-corrected chi connectivity index (χ4v) is 2.22. The van der Waals surface area contributed by atoms with Gasteiger partial charge < -0.3 is 4.74 Å². The molecular weight excluding hydrogens is 308 g/mol. The van der Waals surface area contributed by atoms with Gasteiger partial charge in [-0.15, -0.1) is 0 Å². The third-order valence-corrected chi connectivity index (χ3v) is 3.29. The molecule has 6 nitrogen and oxygen atoms in total. The van der Waals surface area contributed by atoms with Crippen molar-refractivity contribution in [3.05, 3.63) is 67.2 Å². The number of carbonyl (C=O) groups excluding carboxylic acids is 1. The molecule has 0 aliphatic heterocycles. The zero-order chi connectivity index (χ0) is 17.7. The van der Waals surface area contributed by atoms with Crippen molar-refractivity contribution in [1.29, 1.82) is 0 Å². The van der Waals surface area contributed by atoms with Crippen molar-refractivity contribution in [2.24, 2.45) is 0 Å². The Kier molecular flexibility index (Phi) is 5.20. The monoisotopic (exact) mass is 324 g/mol. The Balaban J connectivity index is 2.46. The first-order valence-electron chi connectivity index (χ1n) is 7.28. The lowest BCUT2D eigenvalue weighted by atomic mass is 10.1. The van der Waals surface area contributed by atoms with Crippen LogP contribution in [0.15, 0.2) is 39.3 Å². The molecule has 6 heteroatoms. The number of H-pyrrole nitrogens is 2. The molecule has 0 saturated carbocycles. The number of hydrogen-bond donors (Lipinski definition) is 2. The van der Waals surface area contributed by atoms with Gasteiger partial charge >= 0.3 is 5.69 Å². The van der Waals surface area contributed by atoms with Crippen LogP contribution >= 0.6 is 0 Å². The van der Waals surface area contributed by atoms with E-state index in [0.717, 1.165) is 11.1 Å². The molecule has 0 aliphatic carbocycles. The summed E-state index contributed by atoms with van der Waals surface area (Å²) >= 11 is 0. The van der Waals surface area contributed by atoms with Crippen LogP contribution in [0.1, 0.15) is 36.5 Å². The Morgan fingerprint density at radius 1 is 1.21 bits per heavy atom. The maximum absolute atomic E-state index is 12.0. The third-order valence-electron chi connectivity index (χ3n) is 3.29. The minimum Gasteiger partial charge on any atom is -0.440 e. The van der Waals surface area contributed by atoms with Crippen LogP contribution in [0, 0.1) is 6.92 Å². The lowest BCUT2D eigenvalue weighted by molar-refractivity contribution is 0.444. The van der Waals surface area contributed by atoms with Crippen LogP contribution in [0.2, 0.25) is 0 Å². The summed E-state index contributed by atoms with van der Waals surface area (Å²) in [4.78, 5) is 38.3. The Bertz CT molecular complexity index is 994. The van der Waals surface area contributed by atoms with Gasteiger partial charge in [0.2, 0.25) is 5.88 Å². The van der Waals surface area contributed by atoms with Gasteiger partial charge in [0.05, 0.1) is 5.56 Å². The average Bonchev–Trinajstić information content (AvgIpc) is 2.49. The lowest BCUT2D eigenvalue weighted by Gasteiger charge is -2.13. The van der Waals surface area contributed by atoms with Gasteiger partial charge in [0.15, 0.2) is 5.94 Å². The number of rotatable bonds is 4. The maximum Gasteiger partial charge on any atom is 0.328 e. The number of nitrogens with one attached hydrogen (secondary N) is 2. The smallest absolute Gasteiger partial charge is 0.328 e. The van der Waals surface area contributed by atoms with Gasteiger partial charge in [-0.05, 0) is 42.2 Å². The first kappa shape index (κ1) is 17.1. The van der Waals surface area contributed by atoms with E-state index in [0.29, 0.717) is 11.3 Å². The number of ether oxygens (including phenoxy) is 1. The molecule has 122 valence electrons. The van der Waals surface area contributed by atoms with E-state index in [1.165, 1.54) is 5.94 Å². The summed E-state index contributed by atoms with van der Waals surface area (Å²) in [6.45, 7) is 5.50. The second-order valence-corrected chi connectivity index (χ2v) is 5.45. The highest BCUT2D eigenvalue weighted by atomic mass is 16.5. The predicted octanol–water partition coefficient (Wildman–Crippen LogP) is 2.44. The first-order valence-corrected chi connectivity index (χ1v) is 7.28. The van der Waals surface area contributed by atoms with Crippen molar-refractivity contribution in [3.8, 4) is 11.6 Å². The van der Waals surface area contributed by atoms with E-state index < -0.39 is 11.2 Å². The molecule has 2 rings (SSSR count). The second-order valence-electron chi connectivity index (χ2n) is 5.45. The molecular formula is C18H16N2O4. The van der Waals surface area contributed by atoms with Crippen LogP contribution in [0.5, 0.6) is 11.6 Å². The molecule has 24 heavy (non-hydrogen) atoms. The standard InChI is InChI=1S/C18H16N2O4/c1-11(2)15-16(22)19-18(23)20-17(15)24-14-8-7-13(10-12(14)3)6-4-5-9-21/h6-8,10-11H,1-3H3,(H2,19,20,22,23). The van der Waals surface area contributed by atoms with E-state index in [2.05, 4.69) is 21.4 Å². The summed E-state index contributed by atoms with van der Waals surface area (Å²) in [7, 11) is 0. The van der Waals surface area contributed by atoms with E-state index in [1.807, 2.05) is 26.8 Å². The van der Waals surface area contributed by atoms with E-state index in [1.54, 1.807) is 18.2 Å². The molecule has 0 spiro atoms. The van der Waals surface area contributed by atoms with Crippen molar-refractivity contribution < 1.29 is 9.53 Å². The van der Waals surface area contributed by atoms with Crippen LogP contribution in [0.25, 0.3) is 6.08 Å². The van der Waals surface area contributed by atoms with Gasteiger partial charge in [0.25, 0.3) is 5.56 Å². The highest BCUT2D eigenvalue weighted by Gasteiger charge is 2.16. The summed E-state index contributed by atoms with van der Waals surface area (Å²) in [5.74, 6) is 2.01. The van der Waals surface area contributed by atoms with Crippen LogP contribution in [0.4, 0.5) is 0 Å². The molecule has 2 N–H and O–H groups in total. The zero-order valence-corrected chi connectivity index (χ0v) is 13.5. The number of hydrogen-bond acceptors (Lipinski definition) is 4. The normalized spacial score (nSPS) is 9.83. The van der Waals surface area contributed by atoms with Gasteiger partial charge in [-0.25, -0.2) is 9.59 Å². The molecule has 0 fully saturated rings. The highest BCUT2D eigenvalue weighted by molar-refractivity contribution is 5.55. The summed E-state index contributed by atoms with van der Waals surface area (Å²) in [5.41, 5.74) is 5.61. The topological polar surface area (TPSA) is 92.0 Å². The fourth-order valence-electron chi connectivity index (χ4n) is 2.22. The van der Waals surface area contributed by atoms with Gasteiger partial charge in [0, 0.05) is 5.73 Å². The first-order chi connectivity index (χ1) is 11.4. The van der Waals surface area contributed by atoms with E-state index in [-0.39, 0.29) is 11.8 Å². The maximum atomic E-state index is 12.0. The summed E-state index contributed by atoms with van der Waals surface area (Å²) in [6, 6.07) is 5.27. The van der Waals surface area contributed by atoms with Crippen LogP contribution in [0.3, 0.4) is 0 Å². The number of benzene rings is 1. The zero-order valence-electron chi connectivity index (χ0n) is 13.5. The van der Waals surface area contributed by atoms with Gasteiger partial charge in [0.1, 0.15) is 5.75 Å². The Morgan fingerprint density at radius 2 is 1.96 bits per heavy atom. The van der Waals surface area contributed by atoms with E-state index in [4.69, 9.17) is 4.74 Å². The van der Waals surface area contributed by atoms with Gasteiger partial charge in [-0.1, -0.05) is 25.6 Å². The lowest BCUT2D eigenvalue weighted by Crippen LogP contribution is -2.26. The Morgan fingerprint density at radius 3 is 2.58 bits per heavy atom. The molecule has 0 saturated heterocycles. The van der Waals surface area contributed by atoms with Crippen molar-refractivity contribution in [1.82, 2.24) is 9.97 Å². The fraction of sp³-hybridized carbons (Fsp3) is 0.222. The van der Waals surface area contributed by atoms with Crippen LogP contribution in [-0.2, 0) is 4.79 Å². The SMILES string of the molecule is Cc1cc(C=C=C=C=O)ccc1Oc1[nH]c(=O)[nH]c(=O)c1C(C)C. The molecule has 1 heterocycles. The largest absolute Gasteiger partial charge is 0.440 e. The van der Waals surface area contributed by atoms with Crippen LogP contribution < -0.4 is 16.0 Å². The summed E-state index contributed by atoms with van der Waals surface area (Å²) < 4.78 is 5.76. The quantitative estimate of drug-likeness (QED) is 0.667. The van der Waals surface area contributed by atoms with Crippen molar-refractivity contribution in [3.63, 3.8) is 0 Å². The van der Waals surface area contributed by atoms with Crippen LogP contribution in [-0.4, -0.2) is 15.9 Å². The molecule has 0 aliphatic rings. The Labute approximate surface area is 137 Å². The average molecular weight is 324 g/mol. The van der Waals surface area contributed by atoms with E-state index in [9.17, 15) is 14.4 Å². The molecule has 0 atom stereocenters. The minimum atomic E-state index is -0.623. The highest BCUT2D eigenvalue weighted by Crippen LogP contribution is 2.28. The number of aromatic nitrogens is 2. The molecule has 1 aromatic carbocycles. The van der Waals surface area contributed by atoms with Crippen molar-refractivity contribution in [2.75, 3.05) is 0 Å². The number of aromatic amines is 2. The molecule has 0 amide bonds. The molecule has 0 radical (unpaired) electrons. The molecule has 0 unspecified atom stereocenters. The van der Waals surface area contributed by atoms with Crippen molar-refractivity contribution in [2.45, 2.75) is 26.7 Å². The minimum absolute atomic E-state index is 0.122. The number of aryl methyl sites for hydroxylation is 1. The van der Waals surface area contributed by atoms with Gasteiger partial charge in [-0.3, -0.25) is 14.8 Å². The van der Waals surface area contributed by atoms with Crippen molar-refractivity contribution >= 4 is 12.0 Å². The van der Waals surface area contributed by atoms with Gasteiger partial charge in [-0.2, -0.15) is 0 Å². The molecule has 1 aromatic heterocycles. The summed E-state index contributed by atoms with van der Waals surface area (Å²) in [5, 5.41) is 0. The van der Waals surface area contributed by atoms with E-state index >= 15 is 0 Å².